The molecule has 2 aromatic carbocycles. The van der Waals surface area contributed by atoms with Gasteiger partial charge < -0.3 is 9.64 Å². The minimum absolute atomic E-state index is 0.0354. The average molecular weight is 391 g/mol. The molecular formula is C22H18FN3O3. The lowest BCUT2D eigenvalue weighted by atomic mass is 10.1. The van der Waals surface area contributed by atoms with Gasteiger partial charge in [0.15, 0.2) is 11.4 Å². The van der Waals surface area contributed by atoms with Crippen LogP contribution in [0.25, 0.3) is 0 Å². The maximum absolute atomic E-state index is 13.8. The molecule has 5 rings (SSSR count). The number of carbonyl (C=O) groups is 1. The van der Waals surface area contributed by atoms with Gasteiger partial charge in [0.05, 0.1) is 6.54 Å². The van der Waals surface area contributed by atoms with Crippen molar-refractivity contribution in [3.8, 4) is 5.75 Å². The number of halogens is 1. The Morgan fingerprint density at radius 3 is 2.62 bits per heavy atom. The first kappa shape index (κ1) is 17.5. The van der Waals surface area contributed by atoms with Crippen LogP contribution in [0.5, 0.6) is 5.75 Å². The van der Waals surface area contributed by atoms with E-state index in [1.165, 1.54) is 18.2 Å². The van der Waals surface area contributed by atoms with Crippen molar-refractivity contribution < 1.29 is 13.9 Å². The standard InChI is InChI=1S/C22H18FN3O3/c23-18-7-6-16-11-24-14-25(12-17(16)10-18)26-9-8-19(27)21(20(26)22(24)28)29-13-15-4-2-1-3-5-15/h1-10H,11-14H2. The molecule has 0 N–H and O–H groups in total. The van der Waals surface area contributed by atoms with E-state index in [4.69, 9.17) is 4.74 Å². The quantitative estimate of drug-likeness (QED) is 0.689. The number of nitrogens with zero attached hydrogens (tertiary/aromatic N) is 3. The summed E-state index contributed by atoms with van der Waals surface area (Å²) in [6.07, 6.45) is 1.58. The van der Waals surface area contributed by atoms with E-state index in [9.17, 15) is 14.0 Å². The average Bonchev–Trinajstić information content (AvgIpc) is 2.89. The summed E-state index contributed by atoms with van der Waals surface area (Å²) < 4.78 is 21.2. The van der Waals surface area contributed by atoms with Gasteiger partial charge in [0.25, 0.3) is 5.91 Å². The fraction of sp³-hybridized carbons (Fsp3) is 0.182. The Balaban J connectivity index is 1.56. The number of pyridine rings is 1. The zero-order valence-corrected chi connectivity index (χ0v) is 15.5. The Kier molecular flexibility index (Phi) is 4.08. The smallest absolute Gasteiger partial charge is 0.278 e. The Bertz CT molecular complexity index is 1160. The first-order valence-electron chi connectivity index (χ1n) is 9.34. The highest BCUT2D eigenvalue weighted by Gasteiger charge is 2.35. The summed E-state index contributed by atoms with van der Waals surface area (Å²) in [7, 11) is 0. The van der Waals surface area contributed by atoms with Gasteiger partial charge in [0, 0.05) is 18.8 Å². The van der Waals surface area contributed by atoms with Gasteiger partial charge in [-0.15, -0.1) is 0 Å². The number of rotatable bonds is 3. The number of benzene rings is 2. The number of amides is 1. The van der Waals surface area contributed by atoms with Crippen molar-refractivity contribution >= 4 is 5.91 Å². The Morgan fingerprint density at radius 2 is 1.79 bits per heavy atom. The molecule has 0 spiro atoms. The van der Waals surface area contributed by atoms with Gasteiger partial charge in [-0.2, -0.15) is 0 Å². The zero-order chi connectivity index (χ0) is 20.0. The number of aromatic nitrogens is 1. The van der Waals surface area contributed by atoms with Gasteiger partial charge in [-0.25, -0.2) is 4.39 Å². The lowest BCUT2D eigenvalue weighted by Gasteiger charge is -2.37. The van der Waals surface area contributed by atoms with Crippen molar-refractivity contribution in [2.45, 2.75) is 19.7 Å². The third kappa shape index (κ3) is 3.04. The van der Waals surface area contributed by atoms with E-state index in [1.54, 1.807) is 21.8 Å². The second-order valence-electron chi connectivity index (χ2n) is 7.20. The van der Waals surface area contributed by atoms with E-state index in [0.717, 1.165) is 16.7 Å². The Hall–Kier alpha value is -3.61. The van der Waals surface area contributed by atoms with Gasteiger partial charge in [0.2, 0.25) is 5.43 Å². The van der Waals surface area contributed by atoms with Crippen molar-refractivity contribution in [2.24, 2.45) is 0 Å². The largest absolute Gasteiger partial charge is 0.482 e. The van der Waals surface area contributed by atoms with E-state index in [-0.39, 0.29) is 35.2 Å². The number of hydrogen-bond acceptors (Lipinski definition) is 4. The fourth-order valence-corrected chi connectivity index (χ4v) is 3.83. The van der Waals surface area contributed by atoms with Crippen molar-refractivity contribution in [2.75, 3.05) is 11.7 Å². The third-order valence-corrected chi connectivity index (χ3v) is 5.27. The number of carbonyl (C=O) groups excluding carboxylic acids is 1. The topological polar surface area (TPSA) is 54.8 Å². The highest BCUT2D eigenvalue weighted by Crippen LogP contribution is 2.28. The molecule has 29 heavy (non-hydrogen) atoms. The Morgan fingerprint density at radius 1 is 0.966 bits per heavy atom. The van der Waals surface area contributed by atoms with Crippen molar-refractivity contribution in [3.63, 3.8) is 0 Å². The molecule has 0 aliphatic carbocycles. The van der Waals surface area contributed by atoms with E-state index >= 15 is 0 Å². The van der Waals surface area contributed by atoms with Crippen LogP contribution in [0.15, 0.2) is 65.6 Å². The molecule has 3 aromatic rings. The molecule has 0 radical (unpaired) electrons. The molecule has 0 unspecified atom stereocenters. The first-order chi connectivity index (χ1) is 14.1. The lowest BCUT2D eigenvalue weighted by molar-refractivity contribution is 0.0676. The summed E-state index contributed by atoms with van der Waals surface area (Å²) in [6, 6.07) is 15.5. The summed E-state index contributed by atoms with van der Waals surface area (Å²) in [4.78, 5) is 27.4. The van der Waals surface area contributed by atoms with E-state index in [0.29, 0.717) is 19.8 Å². The molecule has 146 valence electrons. The number of hydrogen-bond donors (Lipinski definition) is 0. The highest BCUT2D eigenvalue weighted by atomic mass is 19.1. The second-order valence-corrected chi connectivity index (χ2v) is 7.20. The predicted octanol–water partition coefficient (Wildman–Crippen LogP) is 2.63. The molecule has 7 heteroatoms. The molecule has 2 aliphatic heterocycles. The molecule has 6 nitrogen and oxygen atoms in total. The van der Waals surface area contributed by atoms with Crippen molar-refractivity contribution in [3.05, 3.63) is 99.2 Å². The second kappa shape index (κ2) is 6.77. The van der Waals surface area contributed by atoms with E-state index < -0.39 is 0 Å². The normalized spacial score (nSPS) is 14.9. The molecule has 2 aliphatic rings. The van der Waals surface area contributed by atoms with Gasteiger partial charge in [-0.05, 0) is 28.8 Å². The van der Waals surface area contributed by atoms with Crippen LogP contribution in [-0.2, 0) is 19.7 Å². The Labute approximate surface area is 166 Å². The molecule has 0 fully saturated rings. The zero-order valence-electron chi connectivity index (χ0n) is 15.5. The number of ether oxygens (including phenoxy) is 1. The SMILES string of the molecule is O=C1c2c(OCc3ccccc3)c(=O)ccn2N2Cc3cc(F)ccc3CN1C2. The van der Waals surface area contributed by atoms with Crippen LogP contribution in [0.2, 0.25) is 0 Å². The van der Waals surface area contributed by atoms with Crippen LogP contribution in [0.3, 0.4) is 0 Å². The third-order valence-electron chi connectivity index (χ3n) is 5.27. The van der Waals surface area contributed by atoms with Crippen LogP contribution in [0.4, 0.5) is 4.39 Å². The first-order valence-corrected chi connectivity index (χ1v) is 9.34. The molecule has 1 amide bonds. The minimum atomic E-state index is -0.342. The summed E-state index contributed by atoms with van der Waals surface area (Å²) in [5.41, 5.74) is 2.47. The highest BCUT2D eigenvalue weighted by molar-refractivity contribution is 5.96. The molecule has 1 aromatic heterocycles. The van der Waals surface area contributed by atoms with Crippen LogP contribution in [-0.4, -0.2) is 22.2 Å². The molecule has 0 saturated heterocycles. The molecule has 0 atom stereocenters. The maximum atomic E-state index is 13.8. The molecule has 3 heterocycles. The maximum Gasteiger partial charge on any atom is 0.278 e. The predicted molar refractivity (Wildman–Crippen MR) is 105 cm³/mol. The van der Waals surface area contributed by atoms with E-state index in [1.807, 2.05) is 35.3 Å². The van der Waals surface area contributed by atoms with Gasteiger partial charge in [-0.3, -0.25) is 19.3 Å². The van der Waals surface area contributed by atoms with Crippen molar-refractivity contribution in [1.29, 1.82) is 0 Å². The molecule has 2 bridgehead atoms. The van der Waals surface area contributed by atoms with Gasteiger partial charge >= 0.3 is 0 Å². The van der Waals surface area contributed by atoms with E-state index in [2.05, 4.69) is 0 Å². The summed E-state index contributed by atoms with van der Waals surface area (Å²) in [5.74, 6) is -0.554. The fourth-order valence-electron chi connectivity index (χ4n) is 3.83. The van der Waals surface area contributed by atoms with Crippen LogP contribution in [0, 0.1) is 5.82 Å². The molecule has 0 saturated carbocycles. The van der Waals surface area contributed by atoms with Gasteiger partial charge in [0.1, 0.15) is 19.1 Å². The number of fused-ring (bicyclic) bond motifs is 5. The molecular weight excluding hydrogens is 373 g/mol. The monoisotopic (exact) mass is 391 g/mol. The van der Waals surface area contributed by atoms with Crippen LogP contribution < -0.4 is 15.2 Å². The van der Waals surface area contributed by atoms with Crippen LogP contribution in [0.1, 0.15) is 27.2 Å². The van der Waals surface area contributed by atoms with Crippen LogP contribution >= 0.6 is 0 Å². The lowest BCUT2D eigenvalue weighted by Crippen LogP contribution is -2.52. The summed E-state index contributed by atoms with van der Waals surface area (Å²) >= 11 is 0. The minimum Gasteiger partial charge on any atom is -0.482 e. The van der Waals surface area contributed by atoms with Gasteiger partial charge in [-0.1, -0.05) is 36.4 Å². The van der Waals surface area contributed by atoms with Crippen molar-refractivity contribution in [1.82, 2.24) is 9.58 Å². The summed E-state index contributed by atoms with van der Waals surface area (Å²) in [5, 5.41) is 1.90. The summed E-state index contributed by atoms with van der Waals surface area (Å²) in [6.45, 7) is 1.31.